The molecule has 0 aromatic heterocycles. The molecule has 2 amide bonds. The third kappa shape index (κ3) is 5.29. The molecule has 2 rings (SSSR count). The number of carbonyl (C=O) groups is 2. The van der Waals surface area contributed by atoms with Gasteiger partial charge < -0.3 is 20.7 Å². The van der Waals surface area contributed by atoms with Crippen LogP contribution in [0.4, 0.5) is 5.69 Å². The highest BCUT2D eigenvalue weighted by Crippen LogP contribution is 2.10. The summed E-state index contributed by atoms with van der Waals surface area (Å²) in [6.07, 6.45) is 0.899. The Kier molecular flexibility index (Phi) is 7.87. The summed E-state index contributed by atoms with van der Waals surface area (Å²) >= 11 is 0. The Morgan fingerprint density at radius 2 is 2.05 bits per heavy atom. The summed E-state index contributed by atoms with van der Waals surface area (Å²) in [5.41, 5.74) is 1.25. The zero-order chi connectivity index (χ0) is 15.1. The summed E-state index contributed by atoms with van der Waals surface area (Å²) in [5, 5.41) is 8.71. The Morgan fingerprint density at radius 1 is 1.32 bits per heavy atom. The van der Waals surface area contributed by atoms with E-state index in [1.165, 1.54) is 0 Å². The zero-order valence-electron chi connectivity index (χ0n) is 12.6. The fourth-order valence-corrected chi connectivity index (χ4v) is 2.01. The molecule has 0 radical (unpaired) electrons. The van der Waals surface area contributed by atoms with Gasteiger partial charge in [0.2, 0.25) is 5.91 Å². The summed E-state index contributed by atoms with van der Waals surface area (Å²) in [6, 6.07) is 6.52. The number of anilines is 1. The normalized spacial score (nSPS) is 17.2. The molecule has 1 heterocycles. The summed E-state index contributed by atoms with van der Waals surface area (Å²) < 4.78 is 5.25. The molecule has 1 aliphatic heterocycles. The summed E-state index contributed by atoms with van der Waals surface area (Å²) in [5.74, 6) is -0.227. The Hall–Kier alpha value is -1.63. The van der Waals surface area contributed by atoms with Crippen molar-refractivity contribution in [1.82, 2.24) is 10.6 Å². The van der Waals surface area contributed by atoms with Gasteiger partial charge in [0.05, 0.1) is 13.2 Å². The summed E-state index contributed by atoms with van der Waals surface area (Å²) in [6.45, 7) is 4.34. The van der Waals surface area contributed by atoms with Crippen molar-refractivity contribution in [2.75, 3.05) is 31.6 Å². The second-order valence-corrected chi connectivity index (χ2v) is 4.90. The predicted octanol–water partition coefficient (Wildman–Crippen LogP) is 1.18. The Morgan fingerprint density at radius 3 is 2.64 bits per heavy atom. The number of amides is 2. The van der Waals surface area contributed by atoms with Crippen molar-refractivity contribution in [2.24, 2.45) is 0 Å². The lowest BCUT2D eigenvalue weighted by Crippen LogP contribution is -2.48. The molecule has 1 saturated heterocycles. The van der Waals surface area contributed by atoms with Crippen molar-refractivity contribution >= 4 is 29.9 Å². The molecule has 0 saturated carbocycles. The molecule has 0 bridgehead atoms. The van der Waals surface area contributed by atoms with Crippen LogP contribution in [0.2, 0.25) is 0 Å². The molecule has 122 valence electrons. The minimum atomic E-state index is -0.328. The molecule has 0 aliphatic carbocycles. The Balaban J connectivity index is 0.00000242. The molecule has 1 aliphatic rings. The zero-order valence-corrected chi connectivity index (χ0v) is 13.4. The average Bonchev–Trinajstić information content (AvgIpc) is 2.54. The van der Waals surface area contributed by atoms with Crippen LogP contribution in [0.25, 0.3) is 0 Å². The van der Waals surface area contributed by atoms with E-state index in [2.05, 4.69) is 16.0 Å². The van der Waals surface area contributed by atoms with Crippen molar-refractivity contribution in [2.45, 2.75) is 19.4 Å². The molecular weight excluding hydrogens is 306 g/mol. The molecule has 1 aromatic carbocycles. The molecule has 1 atom stereocenters. The molecular formula is C15H22ClN3O3. The Labute approximate surface area is 136 Å². The average molecular weight is 328 g/mol. The first-order valence-electron chi connectivity index (χ1n) is 7.21. The van der Waals surface area contributed by atoms with Gasteiger partial charge in [-0.1, -0.05) is 6.92 Å². The topological polar surface area (TPSA) is 79.5 Å². The monoisotopic (exact) mass is 327 g/mol. The molecule has 0 spiro atoms. The number of morpholine rings is 1. The first-order chi connectivity index (χ1) is 10.2. The first kappa shape index (κ1) is 18.4. The fourth-order valence-electron chi connectivity index (χ4n) is 2.01. The van der Waals surface area contributed by atoms with Gasteiger partial charge in [-0.15, -0.1) is 12.4 Å². The van der Waals surface area contributed by atoms with Crippen molar-refractivity contribution in [3.8, 4) is 0 Å². The second kappa shape index (κ2) is 9.40. The number of carbonyl (C=O) groups excluding carboxylic acids is 2. The van der Waals surface area contributed by atoms with Gasteiger partial charge in [-0.25, -0.2) is 0 Å². The Bertz CT molecular complexity index is 487. The second-order valence-electron chi connectivity index (χ2n) is 4.90. The molecule has 7 heteroatoms. The highest BCUT2D eigenvalue weighted by atomic mass is 35.5. The van der Waals surface area contributed by atoms with Crippen LogP contribution < -0.4 is 16.0 Å². The SMILES string of the molecule is CCCNC(=O)c1ccc(NC(=O)C2COCCN2)cc1.Cl. The highest BCUT2D eigenvalue weighted by Gasteiger charge is 2.21. The van der Waals surface area contributed by atoms with Crippen LogP contribution in [0.1, 0.15) is 23.7 Å². The standard InChI is InChI=1S/C15H21N3O3.ClH/c1-2-7-17-14(19)11-3-5-12(6-4-11)18-15(20)13-10-21-9-8-16-13;/h3-6,13,16H,2,7-10H2,1H3,(H,17,19)(H,18,20);1H. The van der Waals surface area contributed by atoms with E-state index < -0.39 is 0 Å². The van der Waals surface area contributed by atoms with E-state index in [-0.39, 0.29) is 30.3 Å². The first-order valence-corrected chi connectivity index (χ1v) is 7.21. The number of hydrogen-bond donors (Lipinski definition) is 3. The fraction of sp³-hybridized carbons (Fsp3) is 0.467. The molecule has 1 aromatic rings. The van der Waals surface area contributed by atoms with Gasteiger partial charge >= 0.3 is 0 Å². The van der Waals surface area contributed by atoms with Crippen LogP contribution in [-0.4, -0.2) is 44.2 Å². The van der Waals surface area contributed by atoms with Crippen LogP contribution in [0, 0.1) is 0 Å². The van der Waals surface area contributed by atoms with Crippen LogP contribution in [0.15, 0.2) is 24.3 Å². The van der Waals surface area contributed by atoms with E-state index in [0.29, 0.717) is 37.6 Å². The van der Waals surface area contributed by atoms with Crippen LogP contribution in [0.3, 0.4) is 0 Å². The molecule has 22 heavy (non-hydrogen) atoms. The lowest BCUT2D eigenvalue weighted by Gasteiger charge is -2.22. The quantitative estimate of drug-likeness (QED) is 0.758. The smallest absolute Gasteiger partial charge is 0.251 e. The number of benzene rings is 1. The van der Waals surface area contributed by atoms with E-state index in [1.807, 2.05) is 6.92 Å². The van der Waals surface area contributed by atoms with E-state index >= 15 is 0 Å². The van der Waals surface area contributed by atoms with E-state index in [9.17, 15) is 9.59 Å². The maximum absolute atomic E-state index is 12.0. The lowest BCUT2D eigenvalue weighted by molar-refractivity contribution is -0.120. The molecule has 6 nitrogen and oxygen atoms in total. The number of hydrogen-bond acceptors (Lipinski definition) is 4. The van der Waals surface area contributed by atoms with Gasteiger partial charge in [0, 0.05) is 24.3 Å². The summed E-state index contributed by atoms with van der Waals surface area (Å²) in [4.78, 5) is 23.8. The van der Waals surface area contributed by atoms with Crippen molar-refractivity contribution < 1.29 is 14.3 Å². The molecule has 1 fully saturated rings. The minimum Gasteiger partial charge on any atom is -0.378 e. The van der Waals surface area contributed by atoms with Crippen molar-refractivity contribution in [1.29, 1.82) is 0 Å². The lowest BCUT2D eigenvalue weighted by atomic mass is 10.2. The highest BCUT2D eigenvalue weighted by molar-refractivity contribution is 5.97. The number of halogens is 1. The maximum Gasteiger partial charge on any atom is 0.251 e. The number of rotatable bonds is 5. The van der Waals surface area contributed by atoms with Gasteiger partial charge in [0.1, 0.15) is 6.04 Å². The maximum atomic E-state index is 12.0. The van der Waals surface area contributed by atoms with Gasteiger partial charge in [0.15, 0.2) is 0 Å². The van der Waals surface area contributed by atoms with Crippen LogP contribution >= 0.6 is 12.4 Å². The molecule has 1 unspecified atom stereocenters. The van der Waals surface area contributed by atoms with Crippen molar-refractivity contribution in [3.63, 3.8) is 0 Å². The third-order valence-electron chi connectivity index (χ3n) is 3.19. The largest absolute Gasteiger partial charge is 0.378 e. The van der Waals surface area contributed by atoms with Crippen molar-refractivity contribution in [3.05, 3.63) is 29.8 Å². The predicted molar refractivity (Wildman–Crippen MR) is 87.6 cm³/mol. The van der Waals surface area contributed by atoms with Gasteiger partial charge in [-0.05, 0) is 30.7 Å². The van der Waals surface area contributed by atoms with E-state index in [4.69, 9.17) is 4.74 Å². The van der Waals surface area contributed by atoms with E-state index in [1.54, 1.807) is 24.3 Å². The number of ether oxygens (including phenoxy) is 1. The van der Waals surface area contributed by atoms with Gasteiger partial charge in [-0.2, -0.15) is 0 Å². The third-order valence-corrected chi connectivity index (χ3v) is 3.19. The minimum absolute atomic E-state index is 0. The number of nitrogens with one attached hydrogen (secondary N) is 3. The summed E-state index contributed by atoms with van der Waals surface area (Å²) in [7, 11) is 0. The van der Waals surface area contributed by atoms with Gasteiger partial charge in [0.25, 0.3) is 5.91 Å². The molecule has 3 N–H and O–H groups in total. The van der Waals surface area contributed by atoms with Crippen LogP contribution in [0.5, 0.6) is 0 Å². The van der Waals surface area contributed by atoms with Crippen LogP contribution in [-0.2, 0) is 9.53 Å². The van der Waals surface area contributed by atoms with E-state index in [0.717, 1.165) is 6.42 Å². The van der Waals surface area contributed by atoms with Gasteiger partial charge in [-0.3, -0.25) is 9.59 Å².